The molecule has 0 bridgehead atoms. The number of hydrogen-bond donors (Lipinski definition) is 2. The quantitative estimate of drug-likeness (QED) is 0.214. The molecule has 0 aromatic heterocycles. The molecule has 0 aliphatic carbocycles. The van der Waals surface area contributed by atoms with E-state index in [1.165, 1.54) is 7.11 Å². The van der Waals surface area contributed by atoms with Crippen molar-refractivity contribution in [2.45, 2.75) is 46.1 Å². The summed E-state index contributed by atoms with van der Waals surface area (Å²) in [6, 6.07) is 0.426. The van der Waals surface area contributed by atoms with E-state index in [9.17, 15) is 4.79 Å². The van der Waals surface area contributed by atoms with Gasteiger partial charge in [0.2, 0.25) is 0 Å². The first-order valence-electron chi connectivity index (χ1n) is 9.56. The topological polar surface area (TPSA) is 75.2 Å². The number of carbonyl (C=O) groups excluding carboxylic acids is 1. The predicted octanol–water partition coefficient (Wildman–Crippen LogP) is 1.86. The van der Waals surface area contributed by atoms with Crippen LogP contribution in [0, 0.1) is 5.92 Å². The van der Waals surface area contributed by atoms with E-state index in [-0.39, 0.29) is 29.9 Å². The number of carbonyl (C=O) groups is 1. The SMILES string of the molecule is CCNC(=NCC(C(CC)CC)N1CCOCC1)NCCC(=O)OC.I. The lowest BCUT2D eigenvalue weighted by Crippen LogP contribution is -2.49. The van der Waals surface area contributed by atoms with Gasteiger partial charge in [-0.05, 0) is 12.8 Å². The number of rotatable bonds is 10. The van der Waals surface area contributed by atoms with Gasteiger partial charge in [0.15, 0.2) is 5.96 Å². The van der Waals surface area contributed by atoms with E-state index in [1.807, 2.05) is 6.92 Å². The Bertz CT molecular complexity index is 400. The summed E-state index contributed by atoms with van der Waals surface area (Å²) in [5.74, 6) is 1.17. The van der Waals surface area contributed by atoms with Gasteiger partial charge in [0.1, 0.15) is 0 Å². The maximum atomic E-state index is 11.2. The summed E-state index contributed by atoms with van der Waals surface area (Å²) in [6.45, 7) is 12.2. The summed E-state index contributed by atoms with van der Waals surface area (Å²) < 4.78 is 10.2. The van der Waals surface area contributed by atoms with Crippen LogP contribution in [-0.2, 0) is 14.3 Å². The third-order valence-electron chi connectivity index (χ3n) is 4.74. The van der Waals surface area contributed by atoms with Crippen LogP contribution in [-0.4, -0.2) is 75.9 Å². The zero-order valence-corrected chi connectivity index (χ0v) is 19.1. The Morgan fingerprint density at radius 2 is 1.85 bits per heavy atom. The molecule has 154 valence electrons. The molecular weight excluding hydrogens is 447 g/mol. The number of nitrogens with one attached hydrogen (secondary N) is 2. The smallest absolute Gasteiger partial charge is 0.307 e. The molecule has 1 fully saturated rings. The van der Waals surface area contributed by atoms with Crippen LogP contribution in [0.1, 0.15) is 40.0 Å². The molecule has 0 radical (unpaired) electrons. The summed E-state index contributed by atoms with van der Waals surface area (Å²) in [5, 5.41) is 6.47. The number of methoxy groups -OCH3 is 1. The average molecular weight is 484 g/mol. The Morgan fingerprint density at radius 3 is 2.38 bits per heavy atom. The van der Waals surface area contributed by atoms with E-state index in [1.54, 1.807) is 0 Å². The molecule has 0 aromatic carbocycles. The molecule has 1 atom stereocenters. The van der Waals surface area contributed by atoms with Gasteiger partial charge >= 0.3 is 5.97 Å². The Balaban J connectivity index is 0.00000625. The zero-order valence-electron chi connectivity index (χ0n) is 16.8. The number of morpholine rings is 1. The average Bonchev–Trinajstić information content (AvgIpc) is 2.65. The molecule has 1 aliphatic rings. The van der Waals surface area contributed by atoms with Gasteiger partial charge in [-0.1, -0.05) is 26.7 Å². The number of guanidine groups is 1. The van der Waals surface area contributed by atoms with Crippen LogP contribution in [0.15, 0.2) is 4.99 Å². The van der Waals surface area contributed by atoms with Crippen LogP contribution >= 0.6 is 24.0 Å². The molecule has 0 aromatic rings. The molecule has 1 rings (SSSR count). The van der Waals surface area contributed by atoms with Gasteiger partial charge in [0, 0.05) is 32.2 Å². The fraction of sp³-hybridized carbons (Fsp3) is 0.889. The summed E-state index contributed by atoms with van der Waals surface area (Å²) in [6.07, 6.45) is 2.64. The summed E-state index contributed by atoms with van der Waals surface area (Å²) in [4.78, 5) is 18.6. The van der Waals surface area contributed by atoms with Crippen molar-refractivity contribution in [1.29, 1.82) is 0 Å². The van der Waals surface area contributed by atoms with Crippen molar-refractivity contribution >= 4 is 35.9 Å². The van der Waals surface area contributed by atoms with E-state index in [0.29, 0.717) is 24.9 Å². The third kappa shape index (κ3) is 9.36. The number of halogens is 1. The molecule has 0 amide bonds. The minimum absolute atomic E-state index is 0. The number of ether oxygens (including phenoxy) is 2. The first kappa shape index (κ1) is 25.4. The van der Waals surface area contributed by atoms with Crippen molar-refractivity contribution < 1.29 is 14.3 Å². The van der Waals surface area contributed by atoms with E-state index < -0.39 is 0 Å². The fourth-order valence-corrected chi connectivity index (χ4v) is 3.22. The first-order valence-corrected chi connectivity index (χ1v) is 9.56. The minimum atomic E-state index is -0.216. The normalized spacial score (nSPS) is 16.7. The van der Waals surface area contributed by atoms with Crippen molar-refractivity contribution in [2.24, 2.45) is 10.9 Å². The molecule has 7 nitrogen and oxygen atoms in total. The van der Waals surface area contributed by atoms with Gasteiger partial charge in [-0.2, -0.15) is 0 Å². The van der Waals surface area contributed by atoms with Crippen molar-refractivity contribution in [2.75, 3.05) is 53.0 Å². The number of esters is 1. The molecule has 1 heterocycles. The van der Waals surface area contributed by atoms with Crippen LogP contribution in [0.5, 0.6) is 0 Å². The molecule has 8 heteroatoms. The van der Waals surface area contributed by atoms with Crippen LogP contribution in [0.25, 0.3) is 0 Å². The highest BCUT2D eigenvalue weighted by Gasteiger charge is 2.26. The molecule has 0 saturated carbocycles. The summed E-state index contributed by atoms with van der Waals surface area (Å²) >= 11 is 0. The second kappa shape index (κ2) is 15.4. The van der Waals surface area contributed by atoms with E-state index in [2.05, 4.69) is 34.1 Å². The Hall–Kier alpha value is -0.610. The molecule has 1 unspecified atom stereocenters. The molecule has 1 aliphatic heterocycles. The molecule has 2 N–H and O–H groups in total. The van der Waals surface area contributed by atoms with E-state index >= 15 is 0 Å². The van der Waals surface area contributed by atoms with Gasteiger partial charge < -0.3 is 20.1 Å². The van der Waals surface area contributed by atoms with Crippen LogP contribution in [0.2, 0.25) is 0 Å². The van der Waals surface area contributed by atoms with Gasteiger partial charge in [-0.15, -0.1) is 24.0 Å². The van der Waals surface area contributed by atoms with Crippen molar-refractivity contribution in [3.8, 4) is 0 Å². The molecule has 1 saturated heterocycles. The monoisotopic (exact) mass is 484 g/mol. The summed E-state index contributed by atoms with van der Waals surface area (Å²) in [5.41, 5.74) is 0. The Morgan fingerprint density at radius 1 is 1.19 bits per heavy atom. The maximum Gasteiger partial charge on any atom is 0.307 e. The maximum absolute atomic E-state index is 11.2. The Kier molecular flexibility index (Phi) is 15.1. The second-order valence-corrected chi connectivity index (χ2v) is 6.26. The van der Waals surface area contributed by atoms with Crippen molar-refractivity contribution in [3.05, 3.63) is 0 Å². The summed E-state index contributed by atoms with van der Waals surface area (Å²) in [7, 11) is 1.41. The fourth-order valence-electron chi connectivity index (χ4n) is 3.22. The Labute approximate surface area is 175 Å². The first-order chi connectivity index (χ1) is 12.2. The lowest BCUT2D eigenvalue weighted by molar-refractivity contribution is -0.140. The number of hydrogen-bond acceptors (Lipinski definition) is 5. The standard InChI is InChI=1S/C18H36N4O3.HI/c1-5-15(6-2)16(22-10-12-25-13-11-22)14-21-18(19-7-3)20-9-8-17(23)24-4;/h15-16H,5-14H2,1-4H3,(H2,19,20,21);1H. The van der Waals surface area contributed by atoms with Gasteiger partial charge in [0.25, 0.3) is 0 Å². The van der Waals surface area contributed by atoms with Gasteiger partial charge in [-0.25, -0.2) is 0 Å². The van der Waals surface area contributed by atoms with E-state index in [4.69, 9.17) is 9.73 Å². The second-order valence-electron chi connectivity index (χ2n) is 6.26. The lowest BCUT2D eigenvalue weighted by Gasteiger charge is -2.38. The van der Waals surface area contributed by atoms with E-state index in [0.717, 1.165) is 58.2 Å². The van der Waals surface area contributed by atoms with Crippen LogP contribution in [0.3, 0.4) is 0 Å². The molecule has 0 spiro atoms. The third-order valence-corrected chi connectivity index (χ3v) is 4.74. The largest absolute Gasteiger partial charge is 0.469 e. The highest BCUT2D eigenvalue weighted by molar-refractivity contribution is 14.0. The van der Waals surface area contributed by atoms with Crippen LogP contribution in [0.4, 0.5) is 0 Å². The highest BCUT2D eigenvalue weighted by atomic mass is 127. The number of nitrogens with zero attached hydrogens (tertiary/aromatic N) is 2. The van der Waals surface area contributed by atoms with Crippen LogP contribution < -0.4 is 10.6 Å². The minimum Gasteiger partial charge on any atom is -0.469 e. The lowest BCUT2D eigenvalue weighted by atomic mass is 9.92. The molecule has 26 heavy (non-hydrogen) atoms. The molecular formula is C18H37IN4O3. The van der Waals surface area contributed by atoms with Crippen molar-refractivity contribution in [3.63, 3.8) is 0 Å². The zero-order chi connectivity index (χ0) is 18.5. The van der Waals surface area contributed by atoms with Crippen molar-refractivity contribution in [1.82, 2.24) is 15.5 Å². The highest BCUT2D eigenvalue weighted by Crippen LogP contribution is 2.20. The number of aliphatic imine (C=N–C) groups is 1. The van der Waals surface area contributed by atoms with Gasteiger partial charge in [0.05, 0.1) is 33.3 Å². The predicted molar refractivity (Wildman–Crippen MR) is 116 cm³/mol. The van der Waals surface area contributed by atoms with Gasteiger partial charge in [-0.3, -0.25) is 14.7 Å².